The van der Waals surface area contributed by atoms with Crippen molar-refractivity contribution >= 4 is 11.6 Å². The van der Waals surface area contributed by atoms with Crippen LogP contribution in [0.15, 0.2) is 30.0 Å². The van der Waals surface area contributed by atoms with Crippen molar-refractivity contribution in [2.24, 2.45) is 5.41 Å². The molecule has 0 saturated carbocycles. The van der Waals surface area contributed by atoms with Crippen molar-refractivity contribution in [3.8, 4) is 0 Å². The molecule has 1 aliphatic rings. The Morgan fingerprint density at radius 1 is 1.41 bits per heavy atom. The second-order valence-electron chi connectivity index (χ2n) is 5.51. The highest BCUT2D eigenvalue weighted by Crippen LogP contribution is 2.35. The fourth-order valence-corrected chi connectivity index (χ4v) is 2.44. The van der Waals surface area contributed by atoms with E-state index in [1.54, 1.807) is 12.3 Å². The third-order valence-electron chi connectivity index (χ3n) is 3.07. The summed E-state index contributed by atoms with van der Waals surface area (Å²) in [5.41, 5.74) is 8.05. The molecule has 3 nitrogen and oxygen atoms in total. The molecule has 0 fully saturated rings. The van der Waals surface area contributed by atoms with Crippen molar-refractivity contribution in [1.29, 1.82) is 0 Å². The molecule has 0 aliphatic heterocycles. The van der Waals surface area contributed by atoms with Gasteiger partial charge in [-0.2, -0.15) is 0 Å². The van der Waals surface area contributed by atoms with Gasteiger partial charge in [0.25, 0.3) is 0 Å². The molecule has 0 amide bonds. The van der Waals surface area contributed by atoms with Crippen LogP contribution in [0, 0.1) is 5.41 Å². The number of rotatable bonds is 2. The number of nitrogen functional groups attached to an aromatic ring is 1. The number of carbonyl (C=O) groups excluding carboxylic acids is 1. The van der Waals surface area contributed by atoms with E-state index in [0.29, 0.717) is 12.2 Å². The van der Waals surface area contributed by atoms with Crippen LogP contribution in [0.3, 0.4) is 0 Å². The van der Waals surface area contributed by atoms with E-state index in [0.717, 1.165) is 24.0 Å². The average molecular weight is 230 g/mol. The second kappa shape index (κ2) is 4.32. The lowest BCUT2D eigenvalue weighted by Crippen LogP contribution is -2.22. The molecule has 0 aromatic carbocycles. The van der Waals surface area contributed by atoms with Crippen LogP contribution < -0.4 is 5.73 Å². The second-order valence-corrected chi connectivity index (χ2v) is 5.51. The Bertz CT molecular complexity index is 475. The molecule has 0 unspecified atom stereocenters. The van der Waals surface area contributed by atoms with E-state index in [4.69, 9.17) is 5.73 Å². The molecule has 0 atom stereocenters. The van der Waals surface area contributed by atoms with Crippen molar-refractivity contribution in [3.63, 3.8) is 0 Å². The maximum Gasteiger partial charge on any atom is 0.156 e. The number of aromatic nitrogens is 1. The molecule has 2 rings (SSSR count). The van der Waals surface area contributed by atoms with Crippen LogP contribution in [0.4, 0.5) is 5.82 Å². The van der Waals surface area contributed by atoms with Gasteiger partial charge in [0.2, 0.25) is 0 Å². The highest BCUT2D eigenvalue weighted by Gasteiger charge is 2.27. The molecule has 0 bridgehead atoms. The van der Waals surface area contributed by atoms with Crippen molar-refractivity contribution in [3.05, 3.63) is 35.5 Å². The molecule has 90 valence electrons. The Balaban J connectivity index is 2.20. The topological polar surface area (TPSA) is 56.0 Å². The standard InChI is InChI=1S/C14H18N2O/c1-14(2)8-10(7-12(17)9-14)6-11-4-3-5-16-13(11)15/h3-5,7H,6,8-9H2,1-2H3,(H2,15,16). The van der Waals surface area contributed by atoms with Gasteiger partial charge in [-0.3, -0.25) is 4.79 Å². The third kappa shape index (κ3) is 2.93. The zero-order chi connectivity index (χ0) is 12.5. The predicted molar refractivity (Wildman–Crippen MR) is 68.5 cm³/mol. The maximum absolute atomic E-state index is 11.6. The van der Waals surface area contributed by atoms with Gasteiger partial charge in [0.05, 0.1) is 0 Å². The minimum atomic E-state index is 0.0676. The summed E-state index contributed by atoms with van der Waals surface area (Å²) in [6, 6.07) is 3.84. The van der Waals surface area contributed by atoms with Gasteiger partial charge in [-0.1, -0.05) is 25.5 Å². The summed E-state index contributed by atoms with van der Waals surface area (Å²) in [6.45, 7) is 4.26. The van der Waals surface area contributed by atoms with Crippen LogP contribution in [-0.4, -0.2) is 10.8 Å². The van der Waals surface area contributed by atoms with E-state index < -0.39 is 0 Å². The largest absolute Gasteiger partial charge is 0.383 e. The molecule has 0 spiro atoms. The SMILES string of the molecule is CC1(C)CC(=O)C=C(Cc2cccnc2N)C1. The van der Waals surface area contributed by atoms with Crippen LogP contribution in [0.25, 0.3) is 0 Å². The molecule has 2 N–H and O–H groups in total. The minimum absolute atomic E-state index is 0.0676. The Hall–Kier alpha value is -1.64. The van der Waals surface area contributed by atoms with E-state index in [2.05, 4.69) is 18.8 Å². The highest BCUT2D eigenvalue weighted by atomic mass is 16.1. The summed E-state index contributed by atoms with van der Waals surface area (Å²) < 4.78 is 0. The first-order chi connectivity index (χ1) is 7.96. The highest BCUT2D eigenvalue weighted by molar-refractivity contribution is 5.91. The molecule has 1 aromatic rings. The quantitative estimate of drug-likeness (QED) is 0.849. The first kappa shape index (κ1) is 11.8. The Kier molecular flexibility index (Phi) is 3.01. The van der Waals surface area contributed by atoms with Gasteiger partial charge >= 0.3 is 0 Å². The number of nitrogens with zero attached hydrogens (tertiary/aromatic N) is 1. The average Bonchev–Trinajstić information content (AvgIpc) is 2.18. The lowest BCUT2D eigenvalue weighted by Gasteiger charge is -2.29. The number of pyridine rings is 1. The monoisotopic (exact) mass is 230 g/mol. The molecule has 17 heavy (non-hydrogen) atoms. The predicted octanol–water partition coefficient (Wildman–Crippen LogP) is 2.52. The van der Waals surface area contributed by atoms with Crippen LogP contribution in [0.2, 0.25) is 0 Å². The van der Waals surface area contributed by atoms with Gasteiger partial charge in [-0.25, -0.2) is 4.98 Å². The summed E-state index contributed by atoms with van der Waals surface area (Å²) in [5.74, 6) is 0.781. The van der Waals surface area contributed by atoms with E-state index in [1.807, 2.05) is 12.1 Å². The van der Waals surface area contributed by atoms with E-state index in [9.17, 15) is 4.79 Å². The fourth-order valence-electron chi connectivity index (χ4n) is 2.44. The number of ketones is 1. The maximum atomic E-state index is 11.6. The molecular formula is C14H18N2O. The van der Waals surface area contributed by atoms with Gasteiger partial charge in [0.1, 0.15) is 5.82 Å². The number of nitrogens with two attached hydrogens (primary N) is 1. The van der Waals surface area contributed by atoms with Gasteiger partial charge in [-0.05, 0) is 36.0 Å². The van der Waals surface area contributed by atoms with Gasteiger partial charge in [-0.15, -0.1) is 0 Å². The molecule has 1 heterocycles. The van der Waals surface area contributed by atoms with Crippen molar-refractivity contribution in [2.45, 2.75) is 33.1 Å². The Labute approximate surface area is 102 Å². The molecule has 1 aromatic heterocycles. The van der Waals surface area contributed by atoms with Crippen LogP contribution >= 0.6 is 0 Å². The van der Waals surface area contributed by atoms with E-state index in [1.165, 1.54) is 0 Å². The van der Waals surface area contributed by atoms with Crippen LogP contribution in [-0.2, 0) is 11.2 Å². The lowest BCUT2D eigenvalue weighted by atomic mass is 9.75. The number of hydrogen-bond acceptors (Lipinski definition) is 3. The lowest BCUT2D eigenvalue weighted by molar-refractivity contribution is -0.117. The Morgan fingerprint density at radius 2 is 2.18 bits per heavy atom. The zero-order valence-corrected chi connectivity index (χ0v) is 10.4. The summed E-state index contributed by atoms with van der Waals surface area (Å²) in [7, 11) is 0. The fraction of sp³-hybridized carbons (Fsp3) is 0.429. The molecular weight excluding hydrogens is 212 g/mol. The van der Waals surface area contributed by atoms with Gasteiger partial charge in [0.15, 0.2) is 5.78 Å². The van der Waals surface area contributed by atoms with Crippen molar-refractivity contribution in [1.82, 2.24) is 4.98 Å². The van der Waals surface area contributed by atoms with Gasteiger partial charge in [0, 0.05) is 12.6 Å². The molecule has 0 radical (unpaired) electrons. The van der Waals surface area contributed by atoms with Crippen molar-refractivity contribution < 1.29 is 4.79 Å². The first-order valence-corrected chi connectivity index (χ1v) is 5.88. The normalized spacial score (nSPS) is 18.9. The van der Waals surface area contributed by atoms with Crippen LogP contribution in [0.5, 0.6) is 0 Å². The third-order valence-corrected chi connectivity index (χ3v) is 3.07. The summed E-state index contributed by atoms with van der Waals surface area (Å²) in [6.07, 6.45) is 5.78. The number of anilines is 1. The van der Waals surface area contributed by atoms with E-state index >= 15 is 0 Å². The molecule has 1 aliphatic carbocycles. The van der Waals surface area contributed by atoms with Crippen LogP contribution in [0.1, 0.15) is 32.3 Å². The summed E-state index contributed by atoms with van der Waals surface area (Å²) in [5, 5.41) is 0. The molecule has 0 saturated heterocycles. The van der Waals surface area contributed by atoms with Gasteiger partial charge < -0.3 is 5.73 Å². The Morgan fingerprint density at radius 3 is 2.82 bits per heavy atom. The zero-order valence-electron chi connectivity index (χ0n) is 10.4. The number of carbonyl (C=O) groups is 1. The summed E-state index contributed by atoms with van der Waals surface area (Å²) >= 11 is 0. The number of allylic oxidation sites excluding steroid dienone is 2. The van der Waals surface area contributed by atoms with E-state index in [-0.39, 0.29) is 11.2 Å². The summed E-state index contributed by atoms with van der Waals surface area (Å²) in [4.78, 5) is 15.7. The minimum Gasteiger partial charge on any atom is -0.383 e. The first-order valence-electron chi connectivity index (χ1n) is 5.88. The number of hydrogen-bond donors (Lipinski definition) is 1. The smallest absolute Gasteiger partial charge is 0.156 e. The molecule has 3 heteroatoms. The van der Waals surface area contributed by atoms with Crippen molar-refractivity contribution in [2.75, 3.05) is 5.73 Å².